The lowest BCUT2D eigenvalue weighted by atomic mass is 9.89. The zero-order valence-electron chi connectivity index (χ0n) is 15.2. The first kappa shape index (κ1) is 16.6. The zero-order valence-corrected chi connectivity index (χ0v) is 15.2. The molecule has 1 aliphatic rings. The molecule has 0 saturated heterocycles. The molecule has 23 heavy (non-hydrogen) atoms. The van der Waals surface area contributed by atoms with Crippen LogP contribution in [0.15, 0.2) is 18.3 Å². The molecule has 3 rings (SSSR count). The van der Waals surface area contributed by atoms with Crippen LogP contribution in [0.4, 0.5) is 0 Å². The van der Waals surface area contributed by atoms with E-state index in [1.54, 1.807) is 22.1 Å². The number of aromatic nitrogens is 1. The van der Waals surface area contributed by atoms with E-state index in [0.717, 1.165) is 19.5 Å². The summed E-state index contributed by atoms with van der Waals surface area (Å²) in [5, 5.41) is 1.60. The second-order valence-electron chi connectivity index (χ2n) is 7.41. The third kappa shape index (κ3) is 3.63. The molecule has 1 aromatic heterocycles. The summed E-state index contributed by atoms with van der Waals surface area (Å²) in [4.78, 5) is 2.30. The number of hydrogen-bond donors (Lipinski definition) is 0. The van der Waals surface area contributed by atoms with Crippen LogP contribution in [0.2, 0.25) is 0 Å². The number of nitrogens with zero attached hydrogens (tertiary/aromatic N) is 2. The first-order chi connectivity index (χ1) is 11.2. The minimum atomic E-state index is 1.13. The van der Waals surface area contributed by atoms with E-state index in [0.29, 0.717) is 0 Å². The number of rotatable bonds is 5. The van der Waals surface area contributed by atoms with Gasteiger partial charge in [0.15, 0.2) is 0 Å². The largest absolute Gasteiger partial charge is 0.347 e. The topological polar surface area (TPSA) is 8.17 Å². The molecule has 0 spiro atoms. The van der Waals surface area contributed by atoms with E-state index in [9.17, 15) is 0 Å². The molecule has 0 aliphatic heterocycles. The predicted molar refractivity (Wildman–Crippen MR) is 100 cm³/mol. The van der Waals surface area contributed by atoms with Gasteiger partial charge in [0.05, 0.1) is 0 Å². The highest BCUT2D eigenvalue weighted by atomic mass is 15.0. The summed E-state index contributed by atoms with van der Waals surface area (Å²) in [5.74, 6) is 0. The highest BCUT2D eigenvalue weighted by Gasteiger charge is 2.16. The minimum absolute atomic E-state index is 1.13. The highest BCUT2D eigenvalue weighted by Crippen LogP contribution is 2.32. The van der Waals surface area contributed by atoms with Gasteiger partial charge >= 0.3 is 0 Å². The lowest BCUT2D eigenvalue weighted by Gasteiger charge is -2.17. The van der Waals surface area contributed by atoms with Gasteiger partial charge in [0, 0.05) is 30.2 Å². The normalized spacial score (nSPS) is 15.7. The molecular weight excluding hydrogens is 280 g/mol. The van der Waals surface area contributed by atoms with Crippen molar-refractivity contribution in [3.8, 4) is 0 Å². The molecule has 1 aromatic carbocycles. The average molecular weight is 313 g/mol. The van der Waals surface area contributed by atoms with Gasteiger partial charge < -0.3 is 9.47 Å². The fourth-order valence-corrected chi connectivity index (χ4v) is 4.05. The van der Waals surface area contributed by atoms with Crippen molar-refractivity contribution in [3.63, 3.8) is 0 Å². The maximum Gasteiger partial charge on any atom is 0.0486 e. The number of hydrogen-bond acceptors (Lipinski definition) is 1. The van der Waals surface area contributed by atoms with Crippen molar-refractivity contribution in [1.82, 2.24) is 9.47 Å². The van der Waals surface area contributed by atoms with Crippen molar-refractivity contribution in [1.29, 1.82) is 0 Å². The van der Waals surface area contributed by atoms with E-state index >= 15 is 0 Å². The van der Waals surface area contributed by atoms with Gasteiger partial charge in [-0.3, -0.25) is 0 Å². The van der Waals surface area contributed by atoms with Crippen molar-refractivity contribution < 1.29 is 0 Å². The molecule has 126 valence electrons. The Morgan fingerprint density at radius 1 is 1.04 bits per heavy atom. The molecule has 0 saturated carbocycles. The van der Waals surface area contributed by atoms with Crippen LogP contribution in [0.1, 0.15) is 55.7 Å². The summed E-state index contributed by atoms with van der Waals surface area (Å²) in [6, 6.07) is 4.81. The average Bonchev–Trinajstić information content (AvgIpc) is 2.84. The number of aryl methyl sites for hydroxylation is 3. The predicted octanol–water partition coefficient (Wildman–Crippen LogP) is 4.81. The quantitative estimate of drug-likeness (QED) is 0.769. The molecule has 0 bridgehead atoms. The third-order valence-corrected chi connectivity index (χ3v) is 5.25. The Kier molecular flexibility index (Phi) is 5.42. The summed E-state index contributed by atoms with van der Waals surface area (Å²) in [6.07, 6.45) is 12.9. The van der Waals surface area contributed by atoms with Crippen molar-refractivity contribution in [3.05, 3.63) is 35.0 Å². The molecule has 0 unspecified atom stereocenters. The second-order valence-corrected chi connectivity index (χ2v) is 7.41. The first-order valence-electron chi connectivity index (χ1n) is 9.48. The van der Waals surface area contributed by atoms with Gasteiger partial charge in [-0.1, -0.05) is 25.8 Å². The zero-order chi connectivity index (χ0) is 16.2. The Hall–Kier alpha value is -1.28. The third-order valence-electron chi connectivity index (χ3n) is 5.25. The standard InChI is InChI=1S/C21H32N2/c1-4-14-23-16-18(13-15-22(2)3)21-19-10-8-6-5-7-9-17(19)11-12-20(21)23/h11-12,16H,4-10,13-15H2,1-3H3. The Bertz CT molecular complexity index is 651. The fraction of sp³-hybridized carbons (Fsp3) is 0.619. The van der Waals surface area contributed by atoms with Crippen LogP contribution >= 0.6 is 0 Å². The van der Waals surface area contributed by atoms with Crippen LogP contribution in [0.25, 0.3) is 10.9 Å². The molecule has 0 amide bonds. The summed E-state index contributed by atoms with van der Waals surface area (Å²) >= 11 is 0. The van der Waals surface area contributed by atoms with Gasteiger partial charge in [-0.2, -0.15) is 0 Å². The van der Waals surface area contributed by atoms with Crippen LogP contribution in [-0.4, -0.2) is 30.1 Å². The van der Waals surface area contributed by atoms with E-state index in [1.165, 1.54) is 50.5 Å². The van der Waals surface area contributed by atoms with Crippen molar-refractivity contribution >= 4 is 10.9 Å². The molecule has 0 N–H and O–H groups in total. The van der Waals surface area contributed by atoms with Gasteiger partial charge in [-0.25, -0.2) is 0 Å². The molecule has 0 atom stereocenters. The fourth-order valence-electron chi connectivity index (χ4n) is 4.05. The van der Waals surface area contributed by atoms with Crippen LogP contribution in [-0.2, 0) is 25.8 Å². The number of fused-ring (bicyclic) bond motifs is 3. The highest BCUT2D eigenvalue weighted by molar-refractivity contribution is 5.88. The second kappa shape index (κ2) is 7.53. The van der Waals surface area contributed by atoms with E-state index in [2.05, 4.69) is 48.8 Å². The molecule has 1 aliphatic carbocycles. The van der Waals surface area contributed by atoms with Crippen molar-refractivity contribution in [2.45, 2.75) is 64.8 Å². The van der Waals surface area contributed by atoms with Crippen LogP contribution in [0, 0.1) is 0 Å². The minimum Gasteiger partial charge on any atom is -0.347 e. The maximum atomic E-state index is 2.50. The summed E-state index contributed by atoms with van der Waals surface area (Å²) < 4.78 is 2.50. The maximum absolute atomic E-state index is 2.50. The van der Waals surface area contributed by atoms with Gasteiger partial charge in [-0.15, -0.1) is 0 Å². The van der Waals surface area contributed by atoms with Crippen LogP contribution in [0.5, 0.6) is 0 Å². The van der Waals surface area contributed by atoms with Gasteiger partial charge in [0.25, 0.3) is 0 Å². The Morgan fingerprint density at radius 3 is 2.57 bits per heavy atom. The lowest BCUT2D eigenvalue weighted by Crippen LogP contribution is -2.15. The van der Waals surface area contributed by atoms with E-state index in [4.69, 9.17) is 0 Å². The molecule has 2 aromatic rings. The molecule has 0 radical (unpaired) electrons. The van der Waals surface area contributed by atoms with Gasteiger partial charge in [-0.05, 0) is 75.4 Å². The van der Waals surface area contributed by atoms with E-state index < -0.39 is 0 Å². The van der Waals surface area contributed by atoms with E-state index in [-0.39, 0.29) is 0 Å². The number of likely N-dealkylation sites (N-methyl/N-ethyl adjacent to an activating group) is 1. The Labute approximate surface area is 141 Å². The monoisotopic (exact) mass is 312 g/mol. The SMILES string of the molecule is CCCn1cc(CCN(C)C)c2c3c(ccc21)CCCCCC3. The molecular formula is C21H32N2. The molecule has 2 heteroatoms. The molecule has 0 fully saturated rings. The summed E-state index contributed by atoms with van der Waals surface area (Å²) in [5.41, 5.74) is 6.34. The smallest absolute Gasteiger partial charge is 0.0486 e. The summed E-state index contributed by atoms with van der Waals surface area (Å²) in [6.45, 7) is 4.55. The van der Waals surface area contributed by atoms with Gasteiger partial charge in [0.1, 0.15) is 0 Å². The number of benzene rings is 1. The van der Waals surface area contributed by atoms with Crippen LogP contribution in [0.3, 0.4) is 0 Å². The Balaban J connectivity index is 2.09. The molecule has 2 nitrogen and oxygen atoms in total. The summed E-state index contributed by atoms with van der Waals surface area (Å²) in [7, 11) is 4.35. The first-order valence-corrected chi connectivity index (χ1v) is 9.48. The van der Waals surface area contributed by atoms with Crippen LogP contribution < -0.4 is 0 Å². The van der Waals surface area contributed by atoms with Crippen molar-refractivity contribution in [2.24, 2.45) is 0 Å². The molecule has 1 heterocycles. The Morgan fingerprint density at radius 2 is 1.83 bits per heavy atom. The van der Waals surface area contributed by atoms with Crippen molar-refractivity contribution in [2.75, 3.05) is 20.6 Å². The lowest BCUT2D eigenvalue weighted by molar-refractivity contribution is 0.414. The van der Waals surface area contributed by atoms with E-state index in [1.807, 2.05) is 0 Å². The van der Waals surface area contributed by atoms with Gasteiger partial charge in [0.2, 0.25) is 0 Å².